The predicted molar refractivity (Wildman–Crippen MR) is 107 cm³/mol. The number of para-hydroxylation sites is 1. The molecule has 3 nitrogen and oxygen atoms in total. The van der Waals surface area contributed by atoms with Crippen LogP contribution in [0.3, 0.4) is 0 Å². The second-order valence-electron chi connectivity index (χ2n) is 5.43. The van der Waals surface area contributed by atoms with Crippen molar-refractivity contribution in [2.75, 3.05) is 20.8 Å². The van der Waals surface area contributed by atoms with Gasteiger partial charge in [0.1, 0.15) is 0 Å². The van der Waals surface area contributed by atoms with Gasteiger partial charge < -0.3 is 14.8 Å². The standard InChI is InChI=1S/C20H21NO2S2/c1-22-19-5-3-4-15(20(19)23-2)12-21-9-6-18(16-7-10-24-13-16)17-8-11-25-14-17/h3-8,10-11,13-14,21H,9,12H2,1-2H3. The van der Waals surface area contributed by atoms with Crippen LogP contribution >= 0.6 is 22.7 Å². The highest BCUT2D eigenvalue weighted by molar-refractivity contribution is 7.08. The Kier molecular flexibility index (Phi) is 6.28. The molecule has 2 heterocycles. The third kappa shape index (κ3) is 4.31. The van der Waals surface area contributed by atoms with Gasteiger partial charge >= 0.3 is 0 Å². The Morgan fingerprint density at radius 2 is 1.72 bits per heavy atom. The molecule has 3 aromatic rings. The summed E-state index contributed by atoms with van der Waals surface area (Å²) < 4.78 is 10.8. The maximum absolute atomic E-state index is 5.49. The molecule has 0 atom stereocenters. The molecular formula is C20H21NO2S2. The third-order valence-corrected chi connectivity index (χ3v) is 5.28. The number of hydrogen-bond acceptors (Lipinski definition) is 5. The molecule has 0 saturated carbocycles. The Hall–Kier alpha value is -2.08. The quantitative estimate of drug-likeness (QED) is 0.562. The summed E-state index contributed by atoms with van der Waals surface area (Å²) in [6.07, 6.45) is 2.25. The predicted octanol–water partition coefficient (Wildman–Crippen LogP) is 5.05. The van der Waals surface area contributed by atoms with E-state index in [2.05, 4.69) is 51.1 Å². The van der Waals surface area contributed by atoms with Crippen LogP contribution in [-0.4, -0.2) is 20.8 Å². The topological polar surface area (TPSA) is 30.5 Å². The maximum Gasteiger partial charge on any atom is 0.165 e. The molecule has 25 heavy (non-hydrogen) atoms. The summed E-state index contributed by atoms with van der Waals surface area (Å²) in [4.78, 5) is 0. The van der Waals surface area contributed by atoms with E-state index in [1.54, 1.807) is 36.9 Å². The average Bonchev–Trinajstić information content (AvgIpc) is 3.35. The zero-order valence-electron chi connectivity index (χ0n) is 14.3. The van der Waals surface area contributed by atoms with Crippen LogP contribution in [0.5, 0.6) is 11.5 Å². The van der Waals surface area contributed by atoms with Gasteiger partial charge in [0.05, 0.1) is 14.2 Å². The molecule has 0 aliphatic rings. The first kappa shape index (κ1) is 17.7. The smallest absolute Gasteiger partial charge is 0.165 e. The normalized spacial score (nSPS) is 10.5. The first-order valence-corrected chi connectivity index (χ1v) is 9.88. The van der Waals surface area contributed by atoms with Crippen LogP contribution in [0.1, 0.15) is 16.7 Å². The molecule has 1 aromatic carbocycles. The Morgan fingerprint density at radius 3 is 2.28 bits per heavy atom. The van der Waals surface area contributed by atoms with Crippen LogP contribution in [-0.2, 0) is 6.54 Å². The van der Waals surface area contributed by atoms with E-state index in [4.69, 9.17) is 9.47 Å². The van der Waals surface area contributed by atoms with Crippen molar-refractivity contribution in [1.82, 2.24) is 5.32 Å². The van der Waals surface area contributed by atoms with Crippen molar-refractivity contribution >= 4 is 28.2 Å². The van der Waals surface area contributed by atoms with Gasteiger partial charge in [0.15, 0.2) is 11.5 Å². The molecule has 0 fully saturated rings. The summed E-state index contributed by atoms with van der Waals surface area (Å²) in [7, 11) is 3.33. The van der Waals surface area contributed by atoms with Gasteiger partial charge in [-0.2, -0.15) is 22.7 Å². The molecule has 0 aliphatic carbocycles. The summed E-state index contributed by atoms with van der Waals surface area (Å²) in [5, 5.41) is 12.1. The van der Waals surface area contributed by atoms with Gasteiger partial charge in [-0.1, -0.05) is 18.2 Å². The minimum atomic E-state index is 0.720. The molecule has 0 amide bonds. The minimum Gasteiger partial charge on any atom is -0.493 e. The lowest BCUT2D eigenvalue weighted by molar-refractivity contribution is 0.351. The van der Waals surface area contributed by atoms with Gasteiger partial charge in [-0.3, -0.25) is 0 Å². The number of thiophene rings is 2. The SMILES string of the molecule is COc1cccc(CNCC=C(c2ccsc2)c2ccsc2)c1OC. The second-order valence-corrected chi connectivity index (χ2v) is 6.99. The average molecular weight is 372 g/mol. The molecule has 2 aromatic heterocycles. The van der Waals surface area contributed by atoms with Crippen molar-refractivity contribution in [3.63, 3.8) is 0 Å². The minimum absolute atomic E-state index is 0.720. The Balaban J connectivity index is 1.70. The lowest BCUT2D eigenvalue weighted by Crippen LogP contribution is -2.14. The highest BCUT2D eigenvalue weighted by Crippen LogP contribution is 2.30. The zero-order chi connectivity index (χ0) is 17.5. The van der Waals surface area contributed by atoms with E-state index in [1.807, 2.05) is 12.1 Å². The van der Waals surface area contributed by atoms with Crippen molar-refractivity contribution in [1.29, 1.82) is 0 Å². The van der Waals surface area contributed by atoms with Crippen LogP contribution in [0, 0.1) is 0 Å². The third-order valence-electron chi connectivity index (χ3n) is 3.91. The number of methoxy groups -OCH3 is 2. The van der Waals surface area contributed by atoms with Gasteiger partial charge in [0.25, 0.3) is 0 Å². The highest BCUT2D eigenvalue weighted by Gasteiger charge is 2.09. The van der Waals surface area contributed by atoms with Gasteiger partial charge in [-0.25, -0.2) is 0 Å². The van der Waals surface area contributed by atoms with E-state index >= 15 is 0 Å². The van der Waals surface area contributed by atoms with Crippen LogP contribution in [0.4, 0.5) is 0 Å². The fourth-order valence-corrected chi connectivity index (χ4v) is 4.02. The summed E-state index contributed by atoms with van der Waals surface area (Å²) in [5.41, 5.74) is 4.89. The Morgan fingerprint density at radius 1 is 1.00 bits per heavy atom. The summed E-state index contributed by atoms with van der Waals surface area (Å²) >= 11 is 3.44. The number of ether oxygens (including phenoxy) is 2. The molecule has 1 N–H and O–H groups in total. The van der Waals surface area contributed by atoms with Crippen LogP contribution < -0.4 is 14.8 Å². The lowest BCUT2D eigenvalue weighted by Gasteiger charge is -2.13. The van der Waals surface area contributed by atoms with Crippen LogP contribution in [0.25, 0.3) is 5.57 Å². The number of rotatable bonds is 8. The number of benzene rings is 1. The first-order chi connectivity index (χ1) is 12.3. The summed E-state index contributed by atoms with van der Waals surface area (Å²) in [6.45, 7) is 1.50. The van der Waals surface area contributed by atoms with E-state index in [1.165, 1.54) is 16.7 Å². The van der Waals surface area contributed by atoms with Gasteiger partial charge in [0, 0.05) is 18.7 Å². The molecule has 0 saturated heterocycles. The van der Waals surface area contributed by atoms with Crippen molar-refractivity contribution in [2.45, 2.75) is 6.54 Å². The van der Waals surface area contributed by atoms with Gasteiger partial charge in [0.2, 0.25) is 0 Å². The van der Waals surface area contributed by atoms with Crippen LogP contribution in [0.15, 0.2) is 57.9 Å². The number of hydrogen-bond donors (Lipinski definition) is 1. The van der Waals surface area contributed by atoms with E-state index < -0.39 is 0 Å². The Labute approximate surface area is 156 Å². The summed E-state index contributed by atoms with van der Waals surface area (Å²) in [5.74, 6) is 1.55. The largest absolute Gasteiger partial charge is 0.493 e. The molecule has 0 spiro atoms. The van der Waals surface area contributed by atoms with Crippen molar-refractivity contribution < 1.29 is 9.47 Å². The van der Waals surface area contributed by atoms with Crippen molar-refractivity contribution in [3.8, 4) is 11.5 Å². The van der Waals surface area contributed by atoms with Gasteiger partial charge in [-0.05, 0) is 56.4 Å². The molecule has 0 radical (unpaired) electrons. The highest BCUT2D eigenvalue weighted by atomic mass is 32.1. The van der Waals surface area contributed by atoms with Crippen molar-refractivity contribution in [3.05, 3.63) is 74.6 Å². The molecule has 0 bridgehead atoms. The second kappa shape index (κ2) is 8.85. The molecule has 0 aliphatic heterocycles. The first-order valence-electron chi connectivity index (χ1n) is 7.99. The lowest BCUT2D eigenvalue weighted by atomic mass is 10.0. The maximum atomic E-state index is 5.49. The summed E-state index contributed by atoms with van der Waals surface area (Å²) in [6, 6.07) is 10.3. The van der Waals surface area contributed by atoms with Crippen molar-refractivity contribution in [2.24, 2.45) is 0 Å². The van der Waals surface area contributed by atoms with Gasteiger partial charge in [-0.15, -0.1) is 0 Å². The molecule has 5 heteroatoms. The monoisotopic (exact) mass is 371 g/mol. The fourth-order valence-electron chi connectivity index (χ4n) is 2.71. The fraction of sp³-hybridized carbons (Fsp3) is 0.200. The molecule has 0 unspecified atom stereocenters. The van der Waals surface area contributed by atoms with E-state index in [0.29, 0.717) is 0 Å². The van der Waals surface area contributed by atoms with E-state index in [-0.39, 0.29) is 0 Å². The van der Waals surface area contributed by atoms with Crippen LogP contribution in [0.2, 0.25) is 0 Å². The molecular weight excluding hydrogens is 350 g/mol. The molecule has 130 valence electrons. The molecule has 3 rings (SSSR count). The Bertz CT molecular complexity index is 772. The van der Waals surface area contributed by atoms with E-state index in [0.717, 1.165) is 30.2 Å². The van der Waals surface area contributed by atoms with E-state index in [9.17, 15) is 0 Å². The zero-order valence-corrected chi connectivity index (χ0v) is 16.0. The number of nitrogens with one attached hydrogen (secondary N) is 1.